The van der Waals surface area contributed by atoms with Gasteiger partial charge in [-0.15, -0.1) is 0 Å². The lowest BCUT2D eigenvalue weighted by atomic mass is 10.1. The third-order valence-corrected chi connectivity index (χ3v) is 6.49. The van der Waals surface area contributed by atoms with Gasteiger partial charge in [-0.2, -0.15) is 0 Å². The first-order valence-corrected chi connectivity index (χ1v) is 11.2. The van der Waals surface area contributed by atoms with Gasteiger partial charge >= 0.3 is 6.03 Å². The van der Waals surface area contributed by atoms with Crippen LogP contribution in [0.4, 0.5) is 4.79 Å². The number of nitrogens with one attached hydrogen (secondary N) is 3. The number of hydrogen-bond donors (Lipinski definition) is 3. The molecule has 0 aliphatic carbocycles. The summed E-state index contributed by atoms with van der Waals surface area (Å²) in [6.45, 7) is 5.20. The zero-order valence-electron chi connectivity index (χ0n) is 18.0. The van der Waals surface area contributed by atoms with Gasteiger partial charge in [-0.1, -0.05) is 25.1 Å². The summed E-state index contributed by atoms with van der Waals surface area (Å²) >= 11 is 0. The number of nitrogens with zero attached hydrogens (tertiary/aromatic N) is 2. The molecule has 2 aliphatic rings. The molecule has 0 saturated carbocycles. The quantitative estimate of drug-likeness (QED) is 0.536. The molecule has 2 fully saturated rings. The molecule has 8 heteroatoms. The normalized spacial score (nSPS) is 21.8. The van der Waals surface area contributed by atoms with Gasteiger partial charge in [-0.3, -0.25) is 19.4 Å². The van der Waals surface area contributed by atoms with E-state index in [1.807, 2.05) is 30.5 Å². The van der Waals surface area contributed by atoms with E-state index in [1.54, 1.807) is 0 Å². The number of fused-ring (bicyclic) bond motifs is 1. The Morgan fingerprint density at radius 1 is 1.26 bits per heavy atom. The highest BCUT2D eigenvalue weighted by molar-refractivity contribution is 6.04. The number of para-hydroxylation sites is 1. The van der Waals surface area contributed by atoms with Gasteiger partial charge in [0.1, 0.15) is 6.04 Å². The van der Waals surface area contributed by atoms with E-state index in [-0.39, 0.29) is 24.3 Å². The van der Waals surface area contributed by atoms with Crippen molar-refractivity contribution in [1.82, 2.24) is 25.4 Å². The highest BCUT2D eigenvalue weighted by Crippen LogP contribution is 2.20. The molecule has 2 aliphatic heterocycles. The number of carbonyl (C=O) groups is 3. The minimum Gasteiger partial charge on any atom is -0.361 e. The van der Waals surface area contributed by atoms with Crippen molar-refractivity contribution >= 4 is 28.7 Å². The Balaban J connectivity index is 1.24. The zero-order chi connectivity index (χ0) is 21.8. The maximum atomic E-state index is 12.7. The minimum absolute atomic E-state index is 0.0674. The predicted octanol–water partition coefficient (Wildman–Crippen LogP) is 2.01. The van der Waals surface area contributed by atoms with E-state index in [2.05, 4.69) is 27.4 Å². The van der Waals surface area contributed by atoms with Crippen LogP contribution >= 0.6 is 0 Å². The lowest BCUT2D eigenvalue weighted by molar-refractivity contribution is -0.127. The van der Waals surface area contributed by atoms with Crippen molar-refractivity contribution in [1.29, 1.82) is 0 Å². The van der Waals surface area contributed by atoms with Crippen molar-refractivity contribution in [3.8, 4) is 0 Å². The molecule has 3 heterocycles. The van der Waals surface area contributed by atoms with Crippen molar-refractivity contribution in [2.45, 2.75) is 51.1 Å². The number of urea groups is 1. The molecule has 166 valence electrons. The molecule has 2 atom stereocenters. The fraction of sp³-hybridized carbons (Fsp3) is 0.522. The van der Waals surface area contributed by atoms with Crippen molar-refractivity contribution in [2.24, 2.45) is 0 Å². The van der Waals surface area contributed by atoms with Gasteiger partial charge < -0.3 is 15.6 Å². The van der Waals surface area contributed by atoms with Gasteiger partial charge in [0.15, 0.2) is 0 Å². The van der Waals surface area contributed by atoms with Gasteiger partial charge in [-0.25, -0.2) is 4.79 Å². The number of likely N-dealkylation sites (tertiary alicyclic amines) is 1. The van der Waals surface area contributed by atoms with Gasteiger partial charge in [0.25, 0.3) is 5.91 Å². The van der Waals surface area contributed by atoms with E-state index in [0.717, 1.165) is 36.0 Å². The summed E-state index contributed by atoms with van der Waals surface area (Å²) in [6.07, 6.45) is 5.34. The fourth-order valence-electron chi connectivity index (χ4n) is 4.69. The summed E-state index contributed by atoms with van der Waals surface area (Å²) < 4.78 is 0. The molecule has 0 unspecified atom stereocenters. The predicted molar refractivity (Wildman–Crippen MR) is 119 cm³/mol. The summed E-state index contributed by atoms with van der Waals surface area (Å²) in [5, 5.41) is 6.82. The summed E-state index contributed by atoms with van der Waals surface area (Å²) in [5.74, 6) is -0.312. The highest BCUT2D eigenvalue weighted by Gasteiger charge is 2.37. The van der Waals surface area contributed by atoms with Crippen LogP contribution in [0.25, 0.3) is 10.9 Å². The average Bonchev–Trinajstić information content (AvgIpc) is 3.47. The Bertz CT molecular complexity index is 956. The number of hydrogen-bond acceptors (Lipinski definition) is 4. The maximum absolute atomic E-state index is 12.7. The van der Waals surface area contributed by atoms with E-state index >= 15 is 0 Å². The van der Waals surface area contributed by atoms with Crippen molar-refractivity contribution in [2.75, 3.05) is 26.2 Å². The number of imide groups is 1. The van der Waals surface area contributed by atoms with E-state index < -0.39 is 6.04 Å². The SMILES string of the molecule is CCN1CCC[C@H]1CNC(=O)CC[C@@H]1NC(=O)N(CCc2c[nH]c3ccccc23)C1=O. The Kier molecular flexibility index (Phi) is 6.56. The molecular weight excluding hydrogens is 394 g/mol. The molecule has 0 spiro atoms. The van der Waals surface area contributed by atoms with Gasteiger partial charge in [0.05, 0.1) is 0 Å². The monoisotopic (exact) mass is 425 g/mol. The first-order chi connectivity index (χ1) is 15.1. The van der Waals surface area contributed by atoms with Crippen LogP contribution in [0.5, 0.6) is 0 Å². The second-order valence-electron chi connectivity index (χ2n) is 8.37. The molecule has 0 bridgehead atoms. The van der Waals surface area contributed by atoms with E-state index in [4.69, 9.17) is 0 Å². The standard InChI is InChI=1S/C23H31N5O3/c1-2-27-12-5-6-17(27)15-25-21(29)10-9-20-22(30)28(23(31)26-20)13-11-16-14-24-19-8-4-3-7-18(16)19/h3-4,7-8,14,17,20,24H,2,5-6,9-13,15H2,1H3,(H,25,29)(H,26,31)/t17-,20-/m0/s1. The summed E-state index contributed by atoms with van der Waals surface area (Å²) in [5.41, 5.74) is 2.12. The van der Waals surface area contributed by atoms with Crippen LogP contribution in [-0.4, -0.2) is 70.9 Å². The van der Waals surface area contributed by atoms with Crippen LogP contribution in [0.3, 0.4) is 0 Å². The highest BCUT2D eigenvalue weighted by atomic mass is 16.2. The first-order valence-electron chi connectivity index (χ1n) is 11.2. The van der Waals surface area contributed by atoms with Gasteiger partial charge in [-0.05, 0) is 50.4 Å². The largest absolute Gasteiger partial charge is 0.361 e. The molecule has 31 heavy (non-hydrogen) atoms. The number of H-pyrrole nitrogens is 1. The molecule has 2 aromatic rings. The molecule has 1 aromatic heterocycles. The number of aromatic nitrogens is 1. The maximum Gasteiger partial charge on any atom is 0.324 e. The fourth-order valence-corrected chi connectivity index (χ4v) is 4.69. The number of aromatic amines is 1. The zero-order valence-corrected chi connectivity index (χ0v) is 18.0. The lowest BCUT2D eigenvalue weighted by Gasteiger charge is -2.22. The summed E-state index contributed by atoms with van der Waals surface area (Å²) in [6, 6.07) is 7.37. The average molecular weight is 426 g/mol. The Morgan fingerprint density at radius 3 is 2.94 bits per heavy atom. The van der Waals surface area contributed by atoms with Crippen LogP contribution in [0.15, 0.2) is 30.5 Å². The van der Waals surface area contributed by atoms with Crippen LogP contribution in [0.2, 0.25) is 0 Å². The number of likely N-dealkylation sites (N-methyl/N-ethyl adjacent to an activating group) is 1. The molecule has 0 radical (unpaired) electrons. The molecular formula is C23H31N5O3. The van der Waals surface area contributed by atoms with Gasteiger partial charge in [0.2, 0.25) is 5.91 Å². The molecule has 8 nitrogen and oxygen atoms in total. The van der Waals surface area contributed by atoms with E-state index in [9.17, 15) is 14.4 Å². The third kappa shape index (κ3) is 4.74. The van der Waals surface area contributed by atoms with Crippen LogP contribution in [0, 0.1) is 0 Å². The molecule has 1 aromatic carbocycles. The topological polar surface area (TPSA) is 97.5 Å². The van der Waals surface area contributed by atoms with Crippen molar-refractivity contribution in [3.63, 3.8) is 0 Å². The third-order valence-electron chi connectivity index (χ3n) is 6.49. The second kappa shape index (κ2) is 9.51. The summed E-state index contributed by atoms with van der Waals surface area (Å²) in [7, 11) is 0. The minimum atomic E-state index is -0.625. The molecule has 4 rings (SSSR count). The summed E-state index contributed by atoms with van der Waals surface area (Å²) in [4.78, 5) is 44.1. The Labute approximate surface area is 182 Å². The smallest absolute Gasteiger partial charge is 0.324 e. The molecule has 2 saturated heterocycles. The Hall–Kier alpha value is -2.87. The van der Waals surface area contributed by atoms with Crippen molar-refractivity contribution < 1.29 is 14.4 Å². The number of rotatable bonds is 9. The lowest BCUT2D eigenvalue weighted by Crippen LogP contribution is -2.40. The number of amides is 4. The van der Waals surface area contributed by atoms with Crippen LogP contribution in [0.1, 0.15) is 38.2 Å². The van der Waals surface area contributed by atoms with E-state index in [0.29, 0.717) is 32.0 Å². The Morgan fingerprint density at radius 2 is 2.10 bits per heavy atom. The van der Waals surface area contributed by atoms with Crippen LogP contribution < -0.4 is 10.6 Å². The van der Waals surface area contributed by atoms with Crippen LogP contribution in [-0.2, 0) is 16.0 Å². The molecule has 3 N–H and O–H groups in total. The van der Waals surface area contributed by atoms with Crippen molar-refractivity contribution in [3.05, 3.63) is 36.0 Å². The second-order valence-corrected chi connectivity index (χ2v) is 8.37. The molecule has 4 amide bonds. The number of carbonyl (C=O) groups excluding carboxylic acids is 3. The number of benzene rings is 1. The van der Waals surface area contributed by atoms with E-state index in [1.165, 1.54) is 11.3 Å². The van der Waals surface area contributed by atoms with Gasteiger partial charge in [0, 0.05) is 42.7 Å². The first kappa shape index (κ1) is 21.4.